The molecular formula is C7H4ClF2NO. The van der Waals surface area contributed by atoms with Crippen molar-refractivity contribution in [3.05, 3.63) is 29.8 Å². The molecule has 0 saturated carbocycles. The molecule has 0 unspecified atom stereocenters. The number of hydrogen-bond donors (Lipinski definition) is 1. The maximum atomic E-state index is 12.7. The van der Waals surface area contributed by atoms with Gasteiger partial charge >= 0.3 is 5.37 Å². The van der Waals surface area contributed by atoms with E-state index in [0.717, 1.165) is 12.1 Å². The fourth-order valence-electron chi connectivity index (χ4n) is 0.716. The maximum absolute atomic E-state index is 12.7. The van der Waals surface area contributed by atoms with Crippen molar-refractivity contribution in [1.29, 1.82) is 0 Å². The molecule has 0 fully saturated rings. The average Bonchev–Trinajstić information content (AvgIpc) is 1.97. The van der Waals surface area contributed by atoms with Gasteiger partial charge in [-0.1, -0.05) is 6.07 Å². The third-order valence-corrected chi connectivity index (χ3v) is 1.28. The lowest BCUT2D eigenvalue weighted by atomic mass is 10.3. The first-order chi connectivity index (χ1) is 5.61. The van der Waals surface area contributed by atoms with Gasteiger partial charge in [0.25, 0.3) is 0 Å². The van der Waals surface area contributed by atoms with E-state index in [9.17, 15) is 13.6 Å². The number of rotatable bonds is 1. The Morgan fingerprint density at radius 3 is 2.25 bits per heavy atom. The van der Waals surface area contributed by atoms with Gasteiger partial charge in [0.2, 0.25) is 0 Å². The smallest absolute Gasteiger partial charge is 0.307 e. The molecule has 0 heterocycles. The topological polar surface area (TPSA) is 29.1 Å². The number of carbonyl (C=O) groups is 1. The van der Waals surface area contributed by atoms with Crippen LogP contribution in [-0.2, 0) is 0 Å². The number of hydrogen-bond acceptors (Lipinski definition) is 1. The van der Waals surface area contributed by atoms with Crippen LogP contribution >= 0.6 is 11.6 Å². The van der Waals surface area contributed by atoms with Crippen molar-refractivity contribution >= 4 is 22.7 Å². The predicted molar refractivity (Wildman–Crippen MR) is 41.2 cm³/mol. The molecular weight excluding hydrogens is 188 g/mol. The largest absolute Gasteiger partial charge is 0.318 e. The molecule has 2 nitrogen and oxygen atoms in total. The van der Waals surface area contributed by atoms with E-state index in [1.165, 1.54) is 6.07 Å². The highest BCUT2D eigenvalue weighted by Crippen LogP contribution is 2.18. The molecule has 0 aliphatic carbocycles. The molecule has 1 N–H and O–H groups in total. The quantitative estimate of drug-likeness (QED) is 0.537. The Morgan fingerprint density at radius 2 is 1.83 bits per heavy atom. The van der Waals surface area contributed by atoms with Gasteiger partial charge in [0.05, 0.1) is 0 Å². The Bertz CT molecular complexity index is 296. The number of halogens is 3. The van der Waals surface area contributed by atoms with Gasteiger partial charge in [-0.15, -0.1) is 0 Å². The lowest BCUT2D eigenvalue weighted by Gasteiger charge is -2.02. The Hall–Kier alpha value is -1.16. The molecule has 0 aliphatic heterocycles. The van der Waals surface area contributed by atoms with Gasteiger partial charge in [-0.25, -0.2) is 8.78 Å². The van der Waals surface area contributed by atoms with Crippen LogP contribution in [0.4, 0.5) is 19.3 Å². The molecule has 64 valence electrons. The second kappa shape index (κ2) is 3.49. The zero-order valence-corrected chi connectivity index (χ0v) is 6.53. The summed E-state index contributed by atoms with van der Waals surface area (Å²) in [5, 5.41) is 0.789. The molecule has 12 heavy (non-hydrogen) atoms. The van der Waals surface area contributed by atoms with Gasteiger partial charge in [-0.3, -0.25) is 4.79 Å². The number of nitrogens with one attached hydrogen (secondary N) is 1. The van der Waals surface area contributed by atoms with Gasteiger partial charge in [-0.05, 0) is 23.7 Å². The van der Waals surface area contributed by atoms with Gasteiger partial charge < -0.3 is 5.32 Å². The molecule has 1 aromatic carbocycles. The van der Waals surface area contributed by atoms with Crippen LogP contribution in [0.5, 0.6) is 0 Å². The van der Waals surface area contributed by atoms with Gasteiger partial charge in [-0.2, -0.15) is 0 Å². The van der Waals surface area contributed by atoms with Crippen molar-refractivity contribution in [1.82, 2.24) is 0 Å². The van der Waals surface area contributed by atoms with E-state index < -0.39 is 22.7 Å². The van der Waals surface area contributed by atoms with Gasteiger partial charge in [0.1, 0.15) is 17.3 Å². The summed E-state index contributed by atoms with van der Waals surface area (Å²) >= 11 is 4.87. The average molecular weight is 192 g/mol. The summed E-state index contributed by atoms with van der Waals surface area (Å²) in [4.78, 5) is 10.2. The molecule has 0 radical (unpaired) electrons. The summed E-state index contributed by atoms with van der Waals surface area (Å²) in [6, 6.07) is 3.23. The molecule has 5 heteroatoms. The molecule has 0 bridgehead atoms. The second-order valence-electron chi connectivity index (χ2n) is 2.00. The van der Waals surface area contributed by atoms with E-state index in [1.807, 2.05) is 5.32 Å². The first kappa shape index (κ1) is 8.93. The summed E-state index contributed by atoms with van der Waals surface area (Å²) in [5.74, 6) is -1.71. The van der Waals surface area contributed by atoms with E-state index in [2.05, 4.69) is 0 Å². The van der Waals surface area contributed by atoms with Crippen LogP contribution in [0.2, 0.25) is 0 Å². The maximum Gasteiger partial charge on any atom is 0.318 e. The van der Waals surface area contributed by atoms with Crippen molar-refractivity contribution in [2.24, 2.45) is 0 Å². The van der Waals surface area contributed by atoms with E-state index in [-0.39, 0.29) is 0 Å². The lowest BCUT2D eigenvalue weighted by Crippen LogP contribution is -2.05. The lowest BCUT2D eigenvalue weighted by molar-refractivity contribution is 0.268. The van der Waals surface area contributed by atoms with Crippen molar-refractivity contribution in [3.63, 3.8) is 0 Å². The SMILES string of the molecule is O=C(Cl)Nc1c(F)cccc1F. The van der Waals surface area contributed by atoms with Crippen LogP contribution in [0.25, 0.3) is 0 Å². The summed E-state index contributed by atoms with van der Waals surface area (Å²) in [6.45, 7) is 0. The fraction of sp³-hybridized carbons (Fsp3) is 0. The number of anilines is 1. The highest BCUT2D eigenvalue weighted by Gasteiger charge is 2.09. The minimum absolute atomic E-state index is 0.530. The van der Waals surface area contributed by atoms with Crippen LogP contribution in [0, 0.1) is 11.6 Å². The molecule has 0 saturated heterocycles. The zero-order valence-electron chi connectivity index (χ0n) is 5.77. The third-order valence-electron chi connectivity index (χ3n) is 1.19. The van der Waals surface area contributed by atoms with Crippen LogP contribution < -0.4 is 5.32 Å². The first-order valence-corrected chi connectivity index (χ1v) is 3.39. The molecule has 0 atom stereocenters. The van der Waals surface area contributed by atoms with Crippen LogP contribution in [-0.4, -0.2) is 5.37 Å². The first-order valence-electron chi connectivity index (χ1n) is 3.02. The Kier molecular flexibility index (Phi) is 2.60. The van der Waals surface area contributed by atoms with E-state index in [0.29, 0.717) is 0 Å². The summed E-state index contributed by atoms with van der Waals surface area (Å²) < 4.78 is 25.4. The Balaban J connectivity index is 3.04. The van der Waals surface area contributed by atoms with Gasteiger partial charge in [0.15, 0.2) is 0 Å². The number of amides is 1. The minimum Gasteiger partial charge on any atom is -0.307 e. The molecule has 1 aromatic rings. The molecule has 1 rings (SSSR count). The van der Waals surface area contributed by atoms with Gasteiger partial charge in [0, 0.05) is 0 Å². The highest BCUT2D eigenvalue weighted by molar-refractivity contribution is 6.65. The number of para-hydroxylation sites is 1. The van der Waals surface area contributed by atoms with Crippen molar-refractivity contribution in [2.75, 3.05) is 5.32 Å². The molecule has 1 amide bonds. The number of carbonyl (C=O) groups excluding carboxylic acids is 1. The molecule has 0 spiro atoms. The van der Waals surface area contributed by atoms with Crippen LogP contribution in [0.3, 0.4) is 0 Å². The van der Waals surface area contributed by atoms with Crippen LogP contribution in [0.1, 0.15) is 0 Å². The molecule has 0 aliphatic rings. The minimum atomic E-state index is -1.03. The van der Waals surface area contributed by atoms with Crippen LogP contribution in [0.15, 0.2) is 18.2 Å². The van der Waals surface area contributed by atoms with Crippen molar-refractivity contribution < 1.29 is 13.6 Å². The molecule has 0 aromatic heterocycles. The third kappa shape index (κ3) is 1.92. The summed E-state index contributed by atoms with van der Waals surface area (Å²) in [6.07, 6.45) is 0. The highest BCUT2D eigenvalue weighted by atomic mass is 35.5. The number of benzene rings is 1. The van der Waals surface area contributed by atoms with Crippen molar-refractivity contribution in [3.8, 4) is 0 Å². The van der Waals surface area contributed by atoms with E-state index in [1.54, 1.807) is 0 Å². The fourth-order valence-corrected chi connectivity index (χ4v) is 0.810. The van der Waals surface area contributed by atoms with E-state index >= 15 is 0 Å². The predicted octanol–water partition coefficient (Wildman–Crippen LogP) is 2.74. The summed E-state index contributed by atoms with van der Waals surface area (Å²) in [5.41, 5.74) is -0.530. The zero-order chi connectivity index (χ0) is 9.14. The normalized spacial score (nSPS) is 9.58. The van der Waals surface area contributed by atoms with Crippen molar-refractivity contribution in [2.45, 2.75) is 0 Å². The van der Waals surface area contributed by atoms with E-state index in [4.69, 9.17) is 11.6 Å². The summed E-state index contributed by atoms with van der Waals surface area (Å²) in [7, 11) is 0. The Labute approximate surface area is 72.1 Å². The monoisotopic (exact) mass is 191 g/mol. The standard InChI is InChI=1S/C7H4ClF2NO/c8-7(12)11-6-4(9)2-1-3-5(6)10/h1-3H,(H,11,12). The Morgan fingerprint density at radius 1 is 1.33 bits per heavy atom. The second-order valence-corrected chi connectivity index (χ2v) is 2.34.